The fraction of sp³-hybridized carbons (Fsp3) is 0.500. The predicted octanol–water partition coefficient (Wildman–Crippen LogP) is 4.68. The average molecular weight is 447 g/mol. The summed E-state index contributed by atoms with van der Waals surface area (Å²) in [4.78, 5) is 30.8. The molecule has 31 heavy (non-hydrogen) atoms. The van der Waals surface area contributed by atoms with Crippen molar-refractivity contribution in [2.45, 2.75) is 52.6 Å². The van der Waals surface area contributed by atoms with E-state index in [2.05, 4.69) is 0 Å². The minimum atomic E-state index is -0.318. The fourth-order valence-corrected chi connectivity index (χ4v) is 4.77. The van der Waals surface area contributed by atoms with Crippen LogP contribution in [-0.4, -0.2) is 47.4 Å². The van der Waals surface area contributed by atoms with E-state index < -0.39 is 0 Å². The number of carbonyl (C=O) groups is 2. The lowest BCUT2D eigenvalue weighted by molar-refractivity contribution is -0.144. The molecule has 1 unspecified atom stereocenters. The van der Waals surface area contributed by atoms with Crippen LogP contribution in [0, 0.1) is 11.7 Å². The molecule has 1 aliphatic heterocycles. The van der Waals surface area contributed by atoms with Crippen molar-refractivity contribution >= 4 is 23.2 Å². The van der Waals surface area contributed by atoms with Crippen molar-refractivity contribution in [3.8, 4) is 5.75 Å². The Bertz CT molecular complexity index is 894. The molecule has 0 bridgehead atoms. The molecule has 1 aromatic heterocycles. The zero-order chi connectivity index (χ0) is 22.5. The van der Waals surface area contributed by atoms with Gasteiger partial charge in [0.1, 0.15) is 18.2 Å². The summed E-state index contributed by atoms with van der Waals surface area (Å²) in [5.74, 6) is 0.416. The second kappa shape index (κ2) is 10.3. The van der Waals surface area contributed by atoms with E-state index in [0.29, 0.717) is 18.7 Å². The monoisotopic (exact) mass is 446 g/mol. The number of carbonyl (C=O) groups excluding carboxylic acids is 2. The van der Waals surface area contributed by atoms with Crippen LogP contribution < -0.4 is 4.74 Å². The third-order valence-electron chi connectivity index (χ3n) is 5.47. The SMILES string of the molecule is CC(C)CC(=O)N(CC(=O)N1CCc2sccc2C1COc1ccc(F)cc1)C(C)C. The summed E-state index contributed by atoms with van der Waals surface area (Å²) in [5.41, 5.74) is 1.09. The molecule has 2 amide bonds. The minimum Gasteiger partial charge on any atom is -0.491 e. The molecule has 0 saturated carbocycles. The van der Waals surface area contributed by atoms with Gasteiger partial charge in [-0.05, 0) is 67.5 Å². The third kappa shape index (κ3) is 5.85. The Kier molecular flexibility index (Phi) is 7.70. The van der Waals surface area contributed by atoms with Gasteiger partial charge in [0.2, 0.25) is 11.8 Å². The van der Waals surface area contributed by atoms with E-state index in [1.807, 2.05) is 44.0 Å². The van der Waals surface area contributed by atoms with E-state index in [4.69, 9.17) is 4.74 Å². The van der Waals surface area contributed by atoms with E-state index in [1.54, 1.807) is 28.4 Å². The molecule has 0 fully saturated rings. The quantitative estimate of drug-likeness (QED) is 0.592. The van der Waals surface area contributed by atoms with Crippen LogP contribution in [0.3, 0.4) is 0 Å². The fourth-order valence-electron chi connectivity index (χ4n) is 3.84. The molecule has 0 N–H and O–H groups in total. The number of benzene rings is 1. The van der Waals surface area contributed by atoms with E-state index in [-0.39, 0.29) is 48.8 Å². The summed E-state index contributed by atoms with van der Waals surface area (Å²) in [7, 11) is 0. The van der Waals surface area contributed by atoms with Crippen LogP contribution in [0.2, 0.25) is 0 Å². The number of rotatable bonds is 8. The molecule has 0 aliphatic carbocycles. The first kappa shape index (κ1) is 23.3. The molecule has 1 aromatic carbocycles. The largest absolute Gasteiger partial charge is 0.491 e. The van der Waals surface area contributed by atoms with Crippen LogP contribution >= 0.6 is 11.3 Å². The second-order valence-corrected chi connectivity index (χ2v) is 9.63. The molecule has 1 aliphatic rings. The standard InChI is InChI=1S/C24H31FN2O3S/c1-16(2)13-23(28)27(17(3)4)14-24(29)26-11-9-22-20(10-12-31-22)21(26)15-30-19-7-5-18(25)6-8-19/h5-8,10,12,16-17,21H,9,11,13-15H2,1-4H3. The Hall–Kier alpha value is -2.41. The third-order valence-corrected chi connectivity index (χ3v) is 6.47. The highest BCUT2D eigenvalue weighted by Gasteiger charge is 2.34. The summed E-state index contributed by atoms with van der Waals surface area (Å²) in [6, 6.07) is 7.65. The number of nitrogens with zero attached hydrogens (tertiary/aromatic N) is 2. The Morgan fingerprint density at radius 2 is 1.90 bits per heavy atom. The maximum absolute atomic E-state index is 13.3. The van der Waals surface area contributed by atoms with E-state index in [9.17, 15) is 14.0 Å². The molecule has 5 nitrogen and oxygen atoms in total. The van der Waals surface area contributed by atoms with Crippen molar-refractivity contribution < 1.29 is 18.7 Å². The van der Waals surface area contributed by atoms with Gasteiger partial charge in [0.15, 0.2) is 0 Å². The molecule has 0 saturated heterocycles. The Morgan fingerprint density at radius 1 is 1.19 bits per heavy atom. The van der Waals surface area contributed by atoms with Crippen LogP contribution in [0.15, 0.2) is 35.7 Å². The summed E-state index contributed by atoms with van der Waals surface area (Å²) in [6.07, 6.45) is 1.23. The minimum absolute atomic E-state index is 0.00527. The van der Waals surface area contributed by atoms with Crippen molar-refractivity contribution in [3.63, 3.8) is 0 Å². The maximum atomic E-state index is 13.3. The summed E-state index contributed by atoms with van der Waals surface area (Å²) < 4.78 is 19.1. The molecule has 0 radical (unpaired) electrons. The van der Waals surface area contributed by atoms with Crippen LogP contribution in [0.4, 0.5) is 4.39 Å². The van der Waals surface area contributed by atoms with Crippen molar-refractivity contribution in [3.05, 3.63) is 52.0 Å². The lowest BCUT2D eigenvalue weighted by Crippen LogP contribution is -2.49. The van der Waals surface area contributed by atoms with E-state index in [1.165, 1.54) is 17.0 Å². The van der Waals surface area contributed by atoms with E-state index >= 15 is 0 Å². The van der Waals surface area contributed by atoms with Crippen LogP contribution in [0.1, 0.15) is 50.6 Å². The first-order chi connectivity index (χ1) is 14.8. The molecule has 7 heteroatoms. The Morgan fingerprint density at radius 3 is 2.55 bits per heavy atom. The van der Waals surface area contributed by atoms with Crippen molar-refractivity contribution in [1.29, 1.82) is 0 Å². The molecular formula is C24H31FN2O3S. The highest BCUT2D eigenvalue weighted by molar-refractivity contribution is 7.10. The van der Waals surface area contributed by atoms with Crippen molar-refractivity contribution in [2.24, 2.45) is 5.92 Å². The van der Waals surface area contributed by atoms with Crippen LogP contribution in [0.5, 0.6) is 5.75 Å². The molecule has 168 valence electrons. The highest BCUT2D eigenvalue weighted by atomic mass is 32.1. The molecule has 1 atom stereocenters. The van der Waals surface area contributed by atoms with Gasteiger partial charge in [0.25, 0.3) is 0 Å². The van der Waals surface area contributed by atoms with E-state index in [0.717, 1.165) is 12.0 Å². The summed E-state index contributed by atoms with van der Waals surface area (Å²) in [5, 5.41) is 2.04. The maximum Gasteiger partial charge on any atom is 0.242 e. The van der Waals surface area contributed by atoms with Crippen LogP contribution in [-0.2, 0) is 16.0 Å². The number of halogens is 1. The number of hydrogen-bond donors (Lipinski definition) is 0. The summed E-state index contributed by atoms with van der Waals surface area (Å²) >= 11 is 1.69. The first-order valence-corrected chi connectivity index (χ1v) is 11.7. The average Bonchev–Trinajstić information content (AvgIpc) is 3.19. The molecule has 3 rings (SSSR count). The number of amides is 2. The van der Waals surface area contributed by atoms with Gasteiger partial charge in [0, 0.05) is 23.9 Å². The number of ether oxygens (including phenoxy) is 1. The van der Waals surface area contributed by atoms with Crippen molar-refractivity contribution in [2.75, 3.05) is 19.7 Å². The topological polar surface area (TPSA) is 49.9 Å². The van der Waals surface area contributed by atoms with Gasteiger partial charge in [-0.1, -0.05) is 13.8 Å². The van der Waals surface area contributed by atoms with Gasteiger partial charge in [-0.25, -0.2) is 4.39 Å². The smallest absolute Gasteiger partial charge is 0.242 e. The van der Waals surface area contributed by atoms with Gasteiger partial charge in [-0.15, -0.1) is 11.3 Å². The Labute approximate surface area is 187 Å². The number of hydrogen-bond acceptors (Lipinski definition) is 4. The highest BCUT2D eigenvalue weighted by Crippen LogP contribution is 2.34. The molecule has 0 spiro atoms. The second-order valence-electron chi connectivity index (χ2n) is 8.63. The van der Waals surface area contributed by atoms with Gasteiger partial charge in [-0.3, -0.25) is 9.59 Å². The zero-order valence-corrected chi connectivity index (χ0v) is 19.5. The predicted molar refractivity (Wildman–Crippen MR) is 121 cm³/mol. The van der Waals surface area contributed by atoms with Gasteiger partial charge < -0.3 is 14.5 Å². The lowest BCUT2D eigenvalue weighted by Gasteiger charge is -2.37. The normalized spacial score (nSPS) is 15.8. The zero-order valence-electron chi connectivity index (χ0n) is 18.6. The molecule has 2 heterocycles. The summed E-state index contributed by atoms with van der Waals surface area (Å²) in [6.45, 7) is 8.82. The lowest BCUT2D eigenvalue weighted by atomic mass is 10.00. The molecule has 2 aromatic rings. The number of fused-ring (bicyclic) bond motifs is 1. The van der Waals surface area contributed by atoms with Crippen LogP contribution in [0.25, 0.3) is 0 Å². The van der Waals surface area contributed by atoms with Gasteiger partial charge in [-0.2, -0.15) is 0 Å². The van der Waals surface area contributed by atoms with Gasteiger partial charge >= 0.3 is 0 Å². The number of thiophene rings is 1. The Balaban J connectivity index is 1.76. The van der Waals surface area contributed by atoms with Crippen molar-refractivity contribution in [1.82, 2.24) is 9.80 Å². The first-order valence-electron chi connectivity index (χ1n) is 10.8. The van der Waals surface area contributed by atoms with Gasteiger partial charge in [0.05, 0.1) is 12.6 Å². The molecular weight excluding hydrogens is 415 g/mol.